The minimum Gasteiger partial charge on any atom is -0.478 e. The lowest BCUT2D eigenvalue weighted by Crippen LogP contribution is -2.08. The van der Waals surface area contributed by atoms with Gasteiger partial charge in [0.15, 0.2) is 0 Å². The van der Waals surface area contributed by atoms with E-state index in [1.807, 2.05) is 0 Å². The molecule has 0 aliphatic rings. The normalized spacial score (nSPS) is 12.4. The lowest BCUT2D eigenvalue weighted by atomic mass is 10.2. The largest absolute Gasteiger partial charge is 0.478 e. The number of carboxylic acids is 2. The van der Waals surface area contributed by atoms with E-state index in [1.165, 1.54) is 6.26 Å². The Morgan fingerprint density at radius 2 is 1.75 bits per heavy atom. The molecule has 0 saturated heterocycles. The first kappa shape index (κ1) is 13.2. The van der Waals surface area contributed by atoms with Gasteiger partial charge in [0, 0.05) is 6.26 Å². The standard InChI is InChI=1S/C8H8O5S3/c1-14-7-3(5(9)10)4(6(11)12)8(15-7)16(2)13/h1-2H3,(H,9,10)(H,11,12). The van der Waals surface area contributed by atoms with Gasteiger partial charge in [0.1, 0.15) is 9.77 Å². The fourth-order valence-electron chi connectivity index (χ4n) is 1.12. The summed E-state index contributed by atoms with van der Waals surface area (Å²) in [6.45, 7) is 0. The Hall–Kier alpha value is -0.860. The smallest absolute Gasteiger partial charge is 0.338 e. The molecule has 1 rings (SSSR count). The van der Waals surface area contributed by atoms with Crippen molar-refractivity contribution in [3.8, 4) is 0 Å². The second-order valence-corrected chi connectivity index (χ2v) is 6.37. The average Bonchev–Trinajstić information content (AvgIpc) is 2.56. The van der Waals surface area contributed by atoms with Crippen LogP contribution in [0.4, 0.5) is 0 Å². The van der Waals surface area contributed by atoms with Crippen LogP contribution in [-0.4, -0.2) is 38.9 Å². The molecule has 0 radical (unpaired) electrons. The minimum atomic E-state index is -1.51. The first-order chi connectivity index (χ1) is 7.40. The van der Waals surface area contributed by atoms with Crippen LogP contribution >= 0.6 is 23.1 Å². The Morgan fingerprint density at radius 3 is 2.06 bits per heavy atom. The molecule has 1 aromatic heterocycles. The van der Waals surface area contributed by atoms with E-state index in [4.69, 9.17) is 10.2 Å². The monoisotopic (exact) mass is 280 g/mol. The first-order valence-corrected chi connectivity index (χ1v) is 7.50. The molecule has 5 nitrogen and oxygen atoms in total. The fourth-order valence-corrected chi connectivity index (χ4v) is 4.21. The quantitative estimate of drug-likeness (QED) is 0.814. The fraction of sp³-hybridized carbons (Fsp3) is 0.250. The molecule has 0 amide bonds. The van der Waals surface area contributed by atoms with Gasteiger partial charge >= 0.3 is 11.9 Å². The van der Waals surface area contributed by atoms with Crippen molar-refractivity contribution in [1.82, 2.24) is 0 Å². The summed E-state index contributed by atoms with van der Waals surface area (Å²) in [7, 11) is -1.51. The van der Waals surface area contributed by atoms with Crippen molar-refractivity contribution in [2.45, 2.75) is 8.42 Å². The predicted octanol–water partition coefficient (Wildman–Crippen LogP) is 1.60. The zero-order chi connectivity index (χ0) is 12.5. The molecular formula is C8H8O5S3. The van der Waals surface area contributed by atoms with E-state index in [0.29, 0.717) is 4.21 Å². The van der Waals surface area contributed by atoms with Crippen LogP contribution < -0.4 is 0 Å². The lowest BCUT2D eigenvalue weighted by Gasteiger charge is -1.97. The molecule has 0 aliphatic carbocycles. The van der Waals surface area contributed by atoms with Gasteiger partial charge in [-0.1, -0.05) is 0 Å². The number of carbonyl (C=O) groups is 2. The third kappa shape index (κ3) is 2.28. The van der Waals surface area contributed by atoms with Gasteiger partial charge in [-0.05, 0) is 6.26 Å². The number of carboxylic acid groups (broad SMARTS) is 2. The van der Waals surface area contributed by atoms with Gasteiger partial charge < -0.3 is 10.2 Å². The van der Waals surface area contributed by atoms with Gasteiger partial charge in [0.2, 0.25) is 0 Å². The summed E-state index contributed by atoms with van der Waals surface area (Å²) in [5.74, 6) is -2.67. The molecule has 1 atom stereocenters. The van der Waals surface area contributed by atoms with Gasteiger partial charge in [-0.2, -0.15) is 0 Å². The summed E-state index contributed by atoms with van der Waals surface area (Å²) < 4.78 is 11.8. The second-order valence-electron chi connectivity index (χ2n) is 2.70. The van der Waals surface area contributed by atoms with Crippen molar-refractivity contribution in [2.24, 2.45) is 0 Å². The molecule has 0 aromatic carbocycles. The van der Waals surface area contributed by atoms with E-state index >= 15 is 0 Å². The number of hydrogen-bond acceptors (Lipinski definition) is 5. The first-order valence-electron chi connectivity index (χ1n) is 3.91. The SMILES string of the molecule is CSc1sc(S(C)=O)c(C(=O)O)c1C(=O)O. The summed E-state index contributed by atoms with van der Waals surface area (Å²) in [4.78, 5) is 22.0. The van der Waals surface area contributed by atoms with Crippen LogP contribution in [0, 0.1) is 0 Å². The van der Waals surface area contributed by atoms with E-state index in [1.54, 1.807) is 6.26 Å². The molecule has 2 N–H and O–H groups in total. The Balaban J connectivity index is 3.61. The van der Waals surface area contributed by atoms with Crippen LogP contribution in [0.5, 0.6) is 0 Å². The molecule has 0 bridgehead atoms. The van der Waals surface area contributed by atoms with Crippen LogP contribution in [0.25, 0.3) is 0 Å². The van der Waals surface area contributed by atoms with Gasteiger partial charge in [-0.3, -0.25) is 4.21 Å². The number of thioether (sulfide) groups is 1. The molecular weight excluding hydrogens is 272 g/mol. The Labute approximate surface area is 102 Å². The van der Waals surface area contributed by atoms with Crippen LogP contribution in [0.15, 0.2) is 8.42 Å². The minimum absolute atomic E-state index is 0.0919. The summed E-state index contributed by atoms with van der Waals surface area (Å²) in [6, 6.07) is 0. The average molecular weight is 280 g/mol. The van der Waals surface area contributed by atoms with Crippen LogP contribution in [-0.2, 0) is 10.8 Å². The van der Waals surface area contributed by atoms with E-state index < -0.39 is 22.7 Å². The Bertz CT molecular complexity index is 476. The maximum atomic E-state index is 11.3. The van der Waals surface area contributed by atoms with Crippen molar-refractivity contribution in [2.75, 3.05) is 12.5 Å². The van der Waals surface area contributed by atoms with E-state index in [0.717, 1.165) is 23.1 Å². The third-order valence-electron chi connectivity index (χ3n) is 1.72. The number of rotatable bonds is 4. The Kier molecular flexibility index (Phi) is 4.11. The number of hydrogen-bond donors (Lipinski definition) is 2. The molecule has 88 valence electrons. The highest BCUT2D eigenvalue weighted by Crippen LogP contribution is 2.36. The van der Waals surface area contributed by atoms with Crippen LogP contribution in [0.1, 0.15) is 20.7 Å². The van der Waals surface area contributed by atoms with Gasteiger partial charge in [0.05, 0.1) is 20.6 Å². The topological polar surface area (TPSA) is 91.7 Å². The number of aromatic carboxylic acids is 2. The van der Waals surface area contributed by atoms with Gasteiger partial charge in [0.25, 0.3) is 0 Å². The molecule has 1 unspecified atom stereocenters. The molecule has 0 fully saturated rings. The zero-order valence-corrected chi connectivity index (χ0v) is 10.8. The van der Waals surface area contributed by atoms with Crippen LogP contribution in [0.3, 0.4) is 0 Å². The maximum absolute atomic E-state index is 11.3. The second kappa shape index (κ2) is 4.98. The molecule has 1 aromatic rings. The molecule has 0 aliphatic heterocycles. The summed E-state index contributed by atoms with van der Waals surface area (Å²) in [5.41, 5.74) is -0.627. The summed E-state index contributed by atoms with van der Waals surface area (Å²) in [6.07, 6.45) is 2.97. The summed E-state index contributed by atoms with van der Waals surface area (Å²) in [5, 5.41) is 17.9. The van der Waals surface area contributed by atoms with Crippen molar-refractivity contribution < 1.29 is 24.0 Å². The van der Waals surface area contributed by atoms with E-state index in [2.05, 4.69) is 0 Å². The van der Waals surface area contributed by atoms with Gasteiger partial charge in [-0.15, -0.1) is 23.1 Å². The maximum Gasteiger partial charge on any atom is 0.338 e. The van der Waals surface area contributed by atoms with Crippen molar-refractivity contribution in [3.05, 3.63) is 11.1 Å². The molecule has 1 heterocycles. The molecule has 0 spiro atoms. The number of thiophene rings is 1. The molecule has 8 heteroatoms. The van der Waals surface area contributed by atoms with Crippen molar-refractivity contribution in [1.29, 1.82) is 0 Å². The van der Waals surface area contributed by atoms with Crippen LogP contribution in [0.2, 0.25) is 0 Å². The third-order valence-corrected chi connectivity index (χ3v) is 5.50. The summed E-state index contributed by atoms with van der Waals surface area (Å²) >= 11 is 2.09. The Morgan fingerprint density at radius 1 is 1.25 bits per heavy atom. The highest BCUT2D eigenvalue weighted by molar-refractivity contribution is 8.00. The van der Waals surface area contributed by atoms with Gasteiger partial charge in [-0.25, -0.2) is 9.59 Å². The van der Waals surface area contributed by atoms with Crippen molar-refractivity contribution in [3.63, 3.8) is 0 Å². The lowest BCUT2D eigenvalue weighted by molar-refractivity contribution is 0.0648. The van der Waals surface area contributed by atoms with Crippen molar-refractivity contribution >= 4 is 45.8 Å². The van der Waals surface area contributed by atoms with E-state index in [-0.39, 0.29) is 15.3 Å². The highest BCUT2D eigenvalue weighted by atomic mass is 32.2. The molecule has 16 heavy (non-hydrogen) atoms. The zero-order valence-electron chi connectivity index (χ0n) is 8.34. The molecule has 0 saturated carbocycles. The predicted molar refractivity (Wildman–Crippen MR) is 62.4 cm³/mol. The van der Waals surface area contributed by atoms with E-state index in [9.17, 15) is 13.8 Å². The highest BCUT2D eigenvalue weighted by Gasteiger charge is 2.29.